The van der Waals surface area contributed by atoms with Crippen LogP contribution in [0.3, 0.4) is 0 Å². The minimum absolute atomic E-state index is 0.158. The molecular weight excluding hydrogens is 372 g/mol. The first-order valence-corrected chi connectivity index (χ1v) is 10.5. The first kappa shape index (κ1) is 20.2. The molecule has 1 aromatic heterocycles. The van der Waals surface area contributed by atoms with Crippen LogP contribution in [0.25, 0.3) is 0 Å². The zero-order chi connectivity index (χ0) is 19.9. The number of hydrogen-bond acceptors (Lipinski definition) is 5. The standard InChI is InChI=1S/C21H26N4O2S/c1-3-13-25(21(27)18-14-28-24-23-18)19(16-11-9-15(2)10-12-16)20(26)22-17-7-5-4-6-8-17/h3,9-12,14,17,19H,1,4-8,13H2,2H3,(H,22,26)/t19-/m1/s1. The molecule has 2 amide bonds. The van der Waals surface area contributed by atoms with Crippen LogP contribution in [0.5, 0.6) is 0 Å². The third-order valence-electron chi connectivity index (χ3n) is 5.07. The van der Waals surface area contributed by atoms with E-state index in [1.54, 1.807) is 11.5 Å². The third kappa shape index (κ3) is 4.84. The molecule has 1 aliphatic carbocycles. The van der Waals surface area contributed by atoms with Gasteiger partial charge in [0.1, 0.15) is 6.04 Å². The van der Waals surface area contributed by atoms with E-state index in [4.69, 9.17) is 0 Å². The van der Waals surface area contributed by atoms with Crippen LogP contribution in [-0.4, -0.2) is 38.9 Å². The van der Waals surface area contributed by atoms with Crippen LogP contribution in [0.1, 0.15) is 59.8 Å². The number of aryl methyl sites for hydroxylation is 1. The number of aromatic nitrogens is 2. The number of amides is 2. The van der Waals surface area contributed by atoms with E-state index in [2.05, 4.69) is 21.5 Å². The third-order valence-corrected chi connectivity index (χ3v) is 5.58. The van der Waals surface area contributed by atoms with Gasteiger partial charge in [-0.25, -0.2) is 0 Å². The Morgan fingerprint density at radius 1 is 1.29 bits per heavy atom. The summed E-state index contributed by atoms with van der Waals surface area (Å²) in [6.45, 7) is 6.01. The molecule has 6 nitrogen and oxygen atoms in total. The van der Waals surface area contributed by atoms with Gasteiger partial charge in [0, 0.05) is 18.0 Å². The van der Waals surface area contributed by atoms with Crippen LogP contribution < -0.4 is 5.32 Å². The molecule has 3 rings (SSSR count). The fraction of sp³-hybridized carbons (Fsp3) is 0.429. The fourth-order valence-electron chi connectivity index (χ4n) is 3.60. The summed E-state index contributed by atoms with van der Waals surface area (Å²) in [5.74, 6) is -0.479. The molecule has 7 heteroatoms. The average molecular weight is 399 g/mol. The van der Waals surface area contributed by atoms with Crippen LogP contribution >= 0.6 is 11.5 Å². The molecule has 0 radical (unpaired) electrons. The van der Waals surface area contributed by atoms with Gasteiger partial charge in [0.05, 0.1) is 0 Å². The van der Waals surface area contributed by atoms with Gasteiger partial charge in [0.25, 0.3) is 5.91 Å². The molecule has 1 N–H and O–H groups in total. The zero-order valence-corrected chi connectivity index (χ0v) is 17.0. The molecule has 1 saturated carbocycles. The summed E-state index contributed by atoms with van der Waals surface area (Å²) >= 11 is 1.11. The molecular formula is C21H26N4O2S. The first-order valence-electron chi connectivity index (χ1n) is 9.66. The van der Waals surface area contributed by atoms with Crippen molar-refractivity contribution in [1.29, 1.82) is 0 Å². The van der Waals surface area contributed by atoms with E-state index in [1.165, 1.54) is 11.3 Å². The van der Waals surface area contributed by atoms with E-state index in [1.807, 2.05) is 31.2 Å². The van der Waals surface area contributed by atoms with Crippen molar-refractivity contribution in [1.82, 2.24) is 19.8 Å². The second kappa shape index (κ2) is 9.59. The summed E-state index contributed by atoms with van der Waals surface area (Å²) < 4.78 is 3.79. The smallest absolute Gasteiger partial charge is 0.276 e. The monoisotopic (exact) mass is 398 g/mol. The van der Waals surface area contributed by atoms with Gasteiger partial charge in [-0.3, -0.25) is 9.59 Å². The minimum Gasteiger partial charge on any atom is -0.351 e. The van der Waals surface area contributed by atoms with Crippen molar-refractivity contribution in [3.63, 3.8) is 0 Å². The molecule has 2 aromatic rings. The van der Waals surface area contributed by atoms with Crippen LogP contribution in [0.2, 0.25) is 0 Å². The van der Waals surface area contributed by atoms with E-state index in [9.17, 15) is 9.59 Å². The number of nitrogens with zero attached hydrogens (tertiary/aromatic N) is 3. The Hall–Kier alpha value is -2.54. The van der Waals surface area contributed by atoms with Crippen LogP contribution in [0.4, 0.5) is 0 Å². The van der Waals surface area contributed by atoms with Crippen LogP contribution in [0, 0.1) is 6.92 Å². The lowest BCUT2D eigenvalue weighted by molar-refractivity contribution is -0.126. The van der Waals surface area contributed by atoms with Crippen molar-refractivity contribution in [2.75, 3.05) is 6.54 Å². The molecule has 0 bridgehead atoms. The Morgan fingerprint density at radius 2 is 2.00 bits per heavy atom. The molecule has 1 atom stereocenters. The Labute approximate surface area is 169 Å². The summed E-state index contributed by atoms with van der Waals surface area (Å²) in [7, 11) is 0. The fourth-order valence-corrected chi connectivity index (χ4v) is 4.03. The molecule has 1 fully saturated rings. The highest BCUT2D eigenvalue weighted by Gasteiger charge is 2.33. The van der Waals surface area contributed by atoms with Gasteiger partial charge in [0.2, 0.25) is 5.91 Å². The van der Waals surface area contributed by atoms with E-state index in [0.717, 1.165) is 48.3 Å². The highest BCUT2D eigenvalue weighted by molar-refractivity contribution is 7.03. The van der Waals surface area contributed by atoms with Crippen LogP contribution in [-0.2, 0) is 4.79 Å². The molecule has 1 aromatic carbocycles. The Balaban J connectivity index is 1.92. The minimum atomic E-state index is -0.741. The molecule has 28 heavy (non-hydrogen) atoms. The number of carbonyl (C=O) groups excluding carboxylic acids is 2. The van der Waals surface area contributed by atoms with Crippen molar-refractivity contribution < 1.29 is 9.59 Å². The summed E-state index contributed by atoms with van der Waals surface area (Å²) in [6, 6.07) is 7.14. The summed E-state index contributed by atoms with van der Waals surface area (Å²) in [6.07, 6.45) is 7.06. The number of rotatable bonds is 7. The van der Waals surface area contributed by atoms with Gasteiger partial charge in [-0.15, -0.1) is 11.7 Å². The summed E-state index contributed by atoms with van der Waals surface area (Å²) in [5, 5.41) is 8.67. The summed E-state index contributed by atoms with van der Waals surface area (Å²) in [5.41, 5.74) is 2.12. The lowest BCUT2D eigenvalue weighted by Gasteiger charge is -2.32. The van der Waals surface area contributed by atoms with Gasteiger partial charge in [-0.1, -0.05) is 59.7 Å². The highest BCUT2D eigenvalue weighted by Crippen LogP contribution is 2.25. The van der Waals surface area contributed by atoms with Crippen molar-refractivity contribution in [2.45, 2.75) is 51.1 Å². The van der Waals surface area contributed by atoms with Crippen molar-refractivity contribution >= 4 is 23.3 Å². The van der Waals surface area contributed by atoms with Gasteiger partial charge in [0.15, 0.2) is 5.69 Å². The topological polar surface area (TPSA) is 75.2 Å². The molecule has 148 valence electrons. The maximum Gasteiger partial charge on any atom is 0.276 e. The predicted octanol–water partition coefficient (Wildman–Crippen LogP) is 3.66. The Morgan fingerprint density at radius 3 is 2.61 bits per heavy atom. The van der Waals surface area contributed by atoms with E-state index in [-0.39, 0.29) is 30.1 Å². The predicted molar refractivity (Wildman–Crippen MR) is 110 cm³/mol. The van der Waals surface area contributed by atoms with Gasteiger partial charge in [-0.2, -0.15) is 0 Å². The van der Waals surface area contributed by atoms with Crippen molar-refractivity contribution in [2.24, 2.45) is 0 Å². The molecule has 0 unspecified atom stereocenters. The van der Waals surface area contributed by atoms with E-state index < -0.39 is 6.04 Å². The number of benzene rings is 1. The second-order valence-corrected chi connectivity index (χ2v) is 7.80. The van der Waals surface area contributed by atoms with E-state index >= 15 is 0 Å². The largest absolute Gasteiger partial charge is 0.351 e. The zero-order valence-electron chi connectivity index (χ0n) is 16.1. The number of hydrogen-bond donors (Lipinski definition) is 1. The molecule has 1 heterocycles. The first-order chi connectivity index (χ1) is 13.6. The molecule has 0 aliphatic heterocycles. The van der Waals surface area contributed by atoms with Crippen LogP contribution in [0.15, 0.2) is 42.3 Å². The van der Waals surface area contributed by atoms with Gasteiger partial charge < -0.3 is 10.2 Å². The Kier molecular flexibility index (Phi) is 6.92. The molecule has 0 spiro atoms. The number of nitrogens with one attached hydrogen (secondary N) is 1. The van der Waals surface area contributed by atoms with Gasteiger partial charge >= 0.3 is 0 Å². The summed E-state index contributed by atoms with van der Waals surface area (Å²) in [4.78, 5) is 27.9. The average Bonchev–Trinajstić information content (AvgIpc) is 3.24. The normalized spacial score (nSPS) is 15.6. The Bertz CT molecular complexity index is 798. The quantitative estimate of drug-likeness (QED) is 0.722. The van der Waals surface area contributed by atoms with Crippen molar-refractivity contribution in [3.8, 4) is 0 Å². The lowest BCUT2D eigenvalue weighted by Crippen LogP contribution is -2.47. The maximum absolute atomic E-state index is 13.3. The molecule has 0 saturated heterocycles. The second-order valence-electron chi connectivity index (χ2n) is 7.19. The van der Waals surface area contributed by atoms with E-state index in [0.29, 0.717) is 0 Å². The van der Waals surface area contributed by atoms with Gasteiger partial charge in [-0.05, 0) is 36.9 Å². The highest BCUT2D eigenvalue weighted by atomic mass is 32.1. The lowest BCUT2D eigenvalue weighted by atomic mass is 9.94. The van der Waals surface area contributed by atoms with Crippen molar-refractivity contribution in [3.05, 3.63) is 59.1 Å². The molecule has 1 aliphatic rings. The number of carbonyl (C=O) groups is 2. The maximum atomic E-state index is 13.3. The SMILES string of the molecule is C=CCN(C(=O)c1csnn1)[C@@H](C(=O)NC1CCCCC1)c1ccc(C)cc1.